The van der Waals surface area contributed by atoms with Crippen LogP contribution in [0.2, 0.25) is 5.28 Å². The fourth-order valence-corrected chi connectivity index (χ4v) is 3.80. The van der Waals surface area contributed by atoms with Crippen molar-refractivity contribution in [3.63, 3.8) is 0 Å². The molecule has 4 rings (SSSR count). The maximum atomic E-state index is 6.11. The van der Waals surface area contributed by atoms with E-state index >= 15 is 0 Å². The van der Waals surface area contributed by atoms with Crippen molar-refractivity contribution in [3.8, 4) is 5.95 Å². The number of hydrogen-bond donors (Lipinski definition) is 0. The molecular weight excluding hydrogens is 288 g/mol. The van der Waals surface area contributed by atoms with Gasteiger partial charge in [-0.3, -0.25) is 4.57 Å². The molecule has 2 fully saturated rings. The predicted molar refractivity (Wildman–Crippen MR) is 79.7 cm³/mol. The lowest BCUT2D eigenvalue weighted by Gasteiger charge is -2.37. The normalized spacial score (nSPS) is 25.1. The Morgan fingerprint density at radius 3 is 2.76 bits per heavy atom. The Morgan fingerprint density at radius 2 is 1.90 bits per heavy atom. The van der Waals surface area contributed by atoms with Crippen molar-refractivity contribution in [1.82, 2.24) is 24.5 Å². The van der Waals surface area contributed by atoms with Crippen molar-refractivity contribution < 1.29 is 0 Å². The van der Waals surface area contributed by atoms with Gasteiger partial charge in [0.2, 0.25) is 17.2 Å². The lowest BCUT2D eigenvalue weighted by atomic mass is 9.92. The lowest BCUT2D eigenvalue weighted by Crippen LogP contribution is -2.43. The Balaban J connectivity index is 1.71. The molecule has 2 aliphatic rings. The van der Waals surface area contributed by atoms with Crippen molar-refractivity contribution in [1.29, 1.82) is 0 Å². The van der Waals surface area contributed by atoms with E-state index in [0.29, 0.717) is 17.9 Å². The number of imidazole rings is 1. The first-order valence-corrected chi connectivity index (χ1v) is 7.85. The van der Waals surface area contributed by atoms with Crippen molar-refractivity contribution in [3.05, 3.63) is 24.0 Å². The third kappa shape index (κ3) is 2.37. The minimum atomic E-state index is 0.240. The highest BCUT2D eigenvalue weighted by Gasteiger charge is 2.36. The number of anilines is 1. The molecular formula is C14H17ClN6. The van der Waals surface area contributed by atoms with Gasteiger partial charge in [0.25, 0.3) is 0 Å². The van der Waals surface area contributed by atoms with Gasteiger partial charge < -0.3 is 4.90 Å². The van der Waals surface area contributed by atoms with E-state index in [1.54, 1.807) is 17.1 Å². The van der Waals surface area contributed by atoms with Gasteiger partial charge in [0.05, 0.1) is 0 Å². The van der Waals surface area contributed by atoms with E-state index in [1.165, 1.54) is 32.1 Å². The van der Waals surface area contributed by atoms with Crippen molar-refractivity contribution in [2.45, 2.75) is 38.1 Å². The molecule has 1 saturated heterocycles. The van der Waals surface area contributed by atoms with Gasteiger partial charge in [-0.15, -0.1) is 0 Å². The smallest absolute Gasteiger partial charge is 0.241 e. The topological polar surface area (TPSA) is 59.7 Å². The number of nitrogens with zero attached hydrogens (tertiary/aromatic N) is 6. The molecule has 7 heteroatoms. The van der Waals surface area contributed by atoms with Crippen LogP contribution in [-0.4, -0.2) is 37.1 Å². The molecule has 1 aliphatic heterocycles. The summed E-state index contributed by atoms with van der Waals surface area (Å²) in [6, 6.07) is 0.563. The largest absolute Gasteiger partial charge is 0.337 e. The maximum Gasteiger partial charge on any atom is 0.241 e. The Hall–Kier alpha value is -1.69. The zero-order valence-corrected chi connectivity index (χ0v) is 12.4. The zero-order valence-electron chi connectivity index (χ0n) is 11.7. The summed E-state index contributed by atoms with van der Waals surface area (Å²) in [5.74, 6) is 2.02. The average Bonchev–Trinajstić information content (AvgIpc) is 3.17. The Kier molecular flexibility index (Phi) is 3.25. The van der Waals surface area contributed by atoms with E-state index in [1.807, 2.05) is 6.20 Å². The molecule has 0 amide bonds. The van der Waals surface area contributed by atoms with Gasteiger partial charge in [-0.25, -0.2) is 4.98 Å². The SMILES string of the molecule is Clc1nc(N2CCCC3CCCC32)nc(-n2ccnc2)n1. The molecule has 0 aromatic carbocycles. The minimum absolute atomic E-state index is 0.240. The second-order valence-corrected chi connectivity index (χ2v) is 6.11. The Labute approximate surface area is 128 Å². The molecule has 1 aliphatic carbocycles. The first-order valence-electron chi connectivity index (χ1n) is 7.48. The summed E-state index contributed by atoms with van der Waals surface area (Å²) in [5, 5.41) is 0.240. The summed E-state index contributed by atoms with van der Waals surface area (Å²) in [7, 11) is 0. The van der Waals surface area contributed by atoms with Gasteiger partial charge in [0.15, 0.2) is 0 Å². The van der Waals surface area contributed by atoms with E-state index in [9.17, 15) is 0 Å². The third-order valence-corrected chi connectivity index (χ3v) is 4.74. The average molecular weight is 305 g/mol. The van der Waals surface area contributed by atoms with E-state index in [4.69, 9.17) is 11.6 Å². The van der Waals surface area contributed by atoms with Crippen LogP contribution in [0.5, 0.6) is 0 Å². The van der Waals surface area contributed by atoms with Gasteiger partial charge >= 0.3 is 0 Å². The highest BCUT2D eigenvalue weighted by molar-refractivity contribution is 6.28. The molecule has 110 valence electrons. The first kappa shape index (κ1) is 13.0. The molecule has 2 aromatic heterocycles. The van der Waals surface area contributed by atoms with Gasteiger partial charge in [-0.1, -0.05) is 6.42 Å². The molecule has 2 atom stereocenters. The summed E-state index contributed by atoms with van der Waals surface area (Å²) < 4.78 is 1.76. The number of rotatable bonds is 2. The number of fused-ring (bicyclic) bond motifs is 1. The second kappa shape index (κ2) is 5.26. The molecule has 2 aromatic rings. The molecule has 0 spiro atoms. The van der Waals surface area contributed by atoms with Crippen LogP contribution < -0.4 is 4.90 Å². The summed E-state index contributed by atoms with van der Waals surface area (Å²) in [5.41, 5.74) is 0. The van der Waals surface area contributed by atoms with Crippen LogP contribution in [0.3, 0.4) is 0 Å². The molecule has 6 nitrogen and oxygen atoms in total. The molecule has 2 unspecified atom stereocenters. The monoisotopic (exact) mass is 304 g/mol. The van der Waals surface area contributed by atoms with Crippen molar-refractivity contribution in [2.75, 3.05) is 11.4 Å². The molecule has 21 heavy (non-hydrogen) atoms. The lowest BCUT2D eigenvalue weighted by molar-refractivity contribution is 0.358. The van der Waals surface area contributed by atoms with Crippen LogP contribution in [0.1, 0.15) is 32.1 Å². The van der Waals surface area contributed by atoms with Gasteiger partial charge in [0, 0.05) is 25.0 Å². The van der Waals surface area contributed by atoms with E-state index in [2.05, 4.69) is 24.8 Å². The van der Waals surface area contributed by atoms with Crippen LogP contribution in [-0.2, 0) is 0 Å². The predicted octanol–water partition coefficient (Wildman–Crippen LogP) is 2.48. The highest BCUT2D eigenvalue weighted by Crippen LogP contribution is 2.38. The highest BCUT2D eigenvalue weighted by atomic mass is 35.5. The van der Waals surface area contributed by atoms with Gasteiger partial charge in [-0.05, 0) is 43.2 Å². The minimum Gasteiger partial charge on any atom is -0.337 e. The van der Waals surface area contributed by atoms with Crippen LogP contribution in [0.15, 0.2) is 18.7 Å². The summed E-state index contributed by atoms with van der Waals surface area (Å²) in [6.45, 7) is 1.00. The number of hydrogen-bond acceptors (Lipinski definition) is 5. The zero-order chi connectivity index (χ0) is 14.2. The number of aromatic nitrogens is 5. The molecule has 0 N–H and O–H groups in total. The number of piperidine rings is 1. The summed E-state index contributed by atoms with van der Waals surface area (Å²) >= 11 is 6.11. The third-order valence-electron chi connectivity index (χ3n) is 4.57. The Bertz CT molecular complexity index is 628. The molecule has 0 radical (unpaired) electrons. The van der Waals surface area contributed by atoms with Gasteiger partial charge in [0.1, 0.15) is 6.33 Å². The van der Waals surface area contributed by atoms with E-state index in [-0.39, 0.29) is 5.28 Å². The van der Waals surface area contributed by atoms with E-state index < -0.39 is 0 Å². The van der Waals surface area contributed by atoms with Gasteiger partial charge in [-0.2, -0.15) is 15.0 Å². The quantitative estimate of drug-likeness (QED) is 0.853. The molecule has 1 saturated carbocycles. The van der Waals surface area contributed by atoms with Crippen LogP contribution in [0.25, 0.3) is 5.95 Å². The van der Waals surface area contributed by atoms with Crippen LogP contribution in [0, 0.1) is 5.92 Å². The Morgan fingerprint density at radius 1 is 1.05 bits per heavy atom. The summed E-state index contributed by atoms with van der Waals surface area (Å²) in [6.07, 6.45) is 11.6. The maximum absolute atomic E-state index is 6.11. The second-order valence-electron chi connectivity index (χ2n) is 5.77. The fourth-order valence-electron chi connectivity index (χ4n) is 3.65. The standard InChI is InChI=1S/C14H17ClN6/c15-12-17-13(20-8-6-16-9-20)19-14(18-12)21-7-2-4-10-3-1-5-11(10)21/h6,8-11H,1-5,7H2. The van der Waals surface area contributed by atoms with Crippen LogP contribution in [0.4, 0.5) is 5.95 Å². The van der Waals surface area contributed by atoms with Crippen LogP contribution >= 0.6 is 11.6 Å². The van der Waals surface area contributed by atoms with Crippen molar-refractivity contribution >= 4 is 17.5 Å². The molecule has 0 bridgehead atoms. The van der Waals surface area contributed by atoms with Crippen molar-refractivity contribution in [2.24, 2.45) is 5.92 Å². The number of halogens is 1. The summed E-state index contributed by atoms with van der Waals surface area (Å²) in [4.78, 5) is 19.5. The molecule has 3 heterocycles. The fraction of sp³-hybridized carbons (Fsp3) is 0.571. The van der Waals surface area contributed by atoms with E-state index in [0.717, 1.165) is 12.5 Å². The first-order chi connectivity index (χ1) is 10.3.